The first-order valence-corrected chi connectivity index (χ1v) is 6.39. The molecule has 3 aromatic rings. The molecule has 0 aliphatic rings. The van der Waals surface area contributed by atoms with Crippen LogP contribution in [0.1, 0.15) is 5.56 Å². The van der Waals surface area contributed by atoms with E-state index in [1.54, 1.807) is 0 Å². The standard InChI is InChI=1S/C18H12N2/c19-13-14-6-8-16(9-7-14)18-12-17(10-11-20-18)15-4-2-1-3-5-15/h1-12H. The second-order valence-electron chi connectivity index (χ2n) is 4.48. The minimum atomic E-state index is 0.660. The van der Waals surface area contributed by atoms with Gasteiger partial charge in [0.1, 0.15) is 0 Å². The van der Waals surface area contributed by atoms with Crippen molar-refractivity contribution in [2.24, 2.45) is 0 Å². The minimum absolute atomic E-state index is 0.660. The Morgan fingerprint density at radius 3 is 2.20 bits per heavy atom. The average Bonchev–Trinajstić information content (AvgIpc) is 2.56. The Kier molecular flexibility index (Phi) is 3.26. The van der Waals surface area contributed by atoms with Gasteiger partial charge in [0.25, 0.3) is 0 Å². The number of nitrogens with zero attached hydrogens (tertiary/aromatic N) is 2. The summed E-state index contributed by atoms with van der Waals surface area (Å²) in [4.78, 5) is 4.41. The highest BCUT2D eigenvalue weighted by atomic mass is 14.7. The van der Waals surface area contributed by atoms with Crippen LogP contribution in [-0.2, 0) is 0 Å². The van der Waals surface area contributed by atoms with E-state index in [0.717, 1.165) is 16.8 Å². The molecule has 0 saturated heterocycles. The van der Waals surface area contributed by atoms with Crippen LogP contribution in [0, 0.1) is 11.3 Å². The molecule has 94 valence electrons. The van der Waals surface area contributed by atoms with Gasteiger partial charge in [-0.05, 0) is 35.4 Å². The fourth-order valence-corrected chi connectivity index (χ4v) is 2.11. The molecule has 2 heteroatoms. The maximum Gasteiger partial charge on any atom is 0.0991 e. The first-order valence-electron chi connectivity index (χ1n) is 6.39. The Morgan fingerprint density at radius 1 is 0.750 bits per heavy atom. The molecule has 0 N–H and O–H groups in total. The number of benzene rings is 2. The SMILES string of the molecule is N#Cc1ccc(-c2cc(-c3ccccc3)ccn2)cc1. The van der Waals surface area contributed by atoms with Crippen LogP contribution in [0.2, 0.25) is 0 Å². The topological polar surface area (TPSA) is 36.7 Å². The van der Waals surface area contributed by atoms with Gasteiger partial charge in [-0.1, -0.05) is 42.5 Å². The van der Waals surface area contributed by atoms with Gasteiger partial charge < -0.3 is 0 Å². The van der Waals surface area contributed by atoms with Gasteiger partial charge in [-0.25, -0.2) is 0 Å². The molecule has 0 aliphatic heterocycles. The third-order valence-electron chi connectivity index (χ3n) is 3.18. The lowest BCUT2D eigenvalue weighted by molar-refractivity contribution is 1.32. The highest BCUT2D eigenvalue weighted by molar-refractivity contribution is 5.70. The van der Waals surface area contributed by atoms with E-state index in [0.29, 0.717) is 5.56 Å². The van der Waals surface area contributed by atoms with E-state index in [1.807, 2.05) is 54.7 Å². The summed E-state index contributed by atoms with van der Waals surface area (Å²) in [5, 5.41) is 8.83. The van der Waals surface area contributed by atoms with E-state index >= 15 is 0 Å². The van der Waals surface area contributed by atoms with Crippen molar-refractivity contribution < 1.29 is 0 Å². The largest absolute Gasteiger partial charge is 0.256 e. The Balaban J connectivity index is 2.01. The predicted octanol–water partition coefficient (Wildman–Crippen LogP) is 4.29. The summed E-state index contributed by atoms with van der Waals surface area (Å²) in [7, 11) is 0. The van der Waals surface area contributed by atoms with Crippen LogP contribution in [0.4, 0.5) is 0 Å². The molecule has 20 heavy (non-hydrogen) atoms. The predicted molar refractivity (Wildman–Crippen MR) is 79.8 cm³/mol. The van der Waals surface area contributed by atoms with E-state index < -0.39 is 0 Å². The molecule has 0 aliphatic carbocycles. The molecule has 0 saturated carbocycles. The van der Waals surface area contributed by atoms with Crippen molar-refractivity contribution in [3.63, 3.8) is 0 Å². The lowest BCUT2D eigenvalue weighted by Gasteiger charge is -2.05. The molecule has 0 radical (unpaired) electrons. The molecule has 3 rings (SSSR count). The summed E-state index contributed by atoms with van der Waals surface area (Å²) in [6.07, 6.45) is 1.82. The zero-order valence-corrected chi connectivity index (χ0v) is 10.8. The van der Waals surface area contributed by atoms with Crippen molar-refractivity contribution in [2.75, 3.05) is 0 Å². The lowest BCUT2D eigenvalue weighted by atomic mass is 10.0. The number of hydrogen-bond acceptors (Lipinski definition) is 2. The van der Waals surface area contributed by atoms with Crippen molar-refractivity contribution in [3.05, 3.63) is 78.5 Å². The second kappa shape index (κ2) is 5.38. The molecular formula is C18H12N2. The first-order chi connectivity index (χ1) is 9.86. The van der Waals surface area contributed by atoms with Crippen LogP contribution >= 0.6 is 0 Å². The Morgan fingerprint density at radius 2 is 1.50 bits per heavy atom. The normalized spacial score (nSPS) is 9.95. The van der Waals surface area contributed by atoms with Gasteiger partial charge in [0.15, 0.2) is 0 Å². The van der Waals surface area contributed by atoms with Crippen LogP contribution in [0.3, 0.4) is 0 Å². The van der Waals surface area contributed by atoms with Crippen LogP contribution in [0.5, 0.6) is 0 Å². The van der Waals surface area contributed by atoms with Crippen molar-refractivity contribution in [1.82, 2.24) is 4.98 Å². The summed E-state index contributed by atoms with van der Waals surface area (Å²) < 4.78 is 0. The molecule has 0 unspecified atom stereocenters. The molecule has 0 bridgehead atoms. The van der Waals surface area contributed by atoms with E-state index in [2.05, 4.69) is 29.3 Å². The number of aromatic nitrogens is 1. The molecule has 1 aromatic heterocycles. The molecular weight excluding hydrogens is 244 g/mol. The third kappa shape index (κ3) is 2.43. The van der Waals surface area contributed by atoms with Gasteiger partial charge >= 0.3 is 0 Å². The van der Waals surface area contributed by atoms with Crippen molar-refractivity contribution in [1.29, 1.82) is 5.26 Å². The van der Waals surface area contributed by atoms with Gasteiger partial charge in [-0.15, -0.1) is 0 Å². The average molecular weight is 256 g/mol. The number of nitriles is 1. The van der Waals surface area contributed by atoms with Crippen molar-refractivity contribution in [3.8, 4) is 28.5 Å². The third-order valence-corrected chi connectivity index (χ3v) is 3.18. The fraction of sp³-hybridized carbons (Fsp3) is 0. The van der Waals surface area contributed by atoms with E-state index in [9.17, 15) is 0 Å². The van der Waals surface area contributed by atoms with Gasteiger partial charge in [0.2, 0.25) is 0 Å². The van der Waals surface area contributed by atoms with E-state index in [1.165, 1.54) is 5.56 Å². The molecule has 0 spiro atoms. The highest BCUT2D eigenvalue weighted by Gasteiger charge is 2.02. The van der Waals surface area contributed by atoms with Gasteiger partial charge in [0, 0.05) is 11.8 Å². The highest BCUT2D eigenvalue weighted by Crippen LogP contribution is 2.24. The Hall–Kier alpha value is -2.92. The smallest absolute Gasteiger partial charge is 0.0991 e. The first kappa shape index (κ1) is 12.1. The van der Waals surface area contributed by atoms with Gasteiger partial charge in [0.05, 0.1) is 17.3 Å². The summed E-state index contributed by atoms with van der Waals surface area (Å²) >= 11 is 0. The molecule has 2 aromatic carbocycles. The Bertz CT molecular complexity index is 753. The van der Waals surface area contributed by atoms with Crippen LogP contribution in [0.15, 0.2) is 72.9 Å². The van der Waals surface area contributed by atoms with Gasteiger partial charge in [-0.2, -0.15) is 5.26 Å². The zero-order chi connectivity index (χ0) is 13.8. The summed E-state index contributed by atoms with van der Waals surface area (Å²) in [6.45, 7) is 0. The molecule has 1 heterocycles. The molecule has 2 nitrogen and oxygen atoms in total. The number of rotatable bonds is 2. The van der Waals surface area contributed by atoms with Gasteiger partial charge in [-0.3, -0.25) is 4.98 Å². The second-order valence-corrected chi connectivity index (χ2v) is 4.48. The summed E-state index contributed by atoms with van der Waals surface area (Å²) in [5.41, 5.74) is 4.90. The van der Waals surface area contributed by atoms with E-state index in [-0.39, 0.29) is 0 Å². The quantitative estimate of drug-likeness (QED) is 0.686. The maximum absolute atomic E-state index is 8.83. The number of hydrogen-bond donors (Lipinski definition) is 0. The zero-order valence-electron chi connectivity index (χ0n) is 10.8. The summed E-state index contributed by atoms with van der Waals surface area (Å²) in [6, 6.07) is 23.9. The fourth-order valence-electron chi connectivity index (χ4n) is 2.11. The monoisotopic (exact) mass is 256 g/mol. The maximum atomic E-state index is 8.83. The van der Waals surface area contributed by atoms with Crippen LogP contribution < -0.4 is 0 Å². The number of pyridine rings is 1. The summed E-state index contributed by atoms with van der Waals surface area (Å²) in [5.74, 6) is 0. The Labute approximate surface area is 118 Å². The molecule has 0 fully saturated rings. The van der Waals surface area contributed by atoms with Crippen LogP contribution in [-0.4, -0.2) is 4.98 Å². The van der Waals surface area contributed by atoms with Crippen molar-refractivity contribution in [2.45, 2.75) is 0 Å². The lowest BCUT2D eigenvalue weighted by Crippen LogP contribution is -1.85. The minimum Gasteiger partial charge on any atom is -0.256 e. The van der Waals surface area contributed by atoms with Crippen LogP contribution in [0.25, 0.3) is 22.4 Å². The van der Waals surface area contributed by atoms with Crippen molar-refractivity contribution >= 4 is 0 Å². The molecule has 0 amide bonds. The van der Waals surface area contributed by atoms with E-state index in [4.69, 9.17) is 5.26 Å². The molecule has 0 atom stereocenters.